The quantitative estimate of drug-likeness (QED) is 0.426. The van der Waals surface area contributed by atoms with Gasteiger partial charge in [0.2, 0.25) is 0 Å². The first kappa shape index (κ1) is 20.0. The molecule has 26 heavy (non-hydrogen) atoms. The molecule has 0 radical (unpaired) electrons. The molecule has 0 unspecified atom stereocenters. The van der Waals surface area contributed by atoms with Crippen LogP contribution in [0.4, 0.5) is 0 Å². The Kier molecular flexibility index (Phi) is 8.15. The molecule has 0 aliphatic rings. The van der Waals surface area contributed by atoms with Crippen molar-refractivity contribution in [2.75, 3.05) is 33.2 Å². The van der Waals surface area contributed by atoms with E-state index in [1.807, 2.05) is 38.2 Å². The van der Waals surface area contributed by atoms with Gasteiger partial charge in [0.15, 0.2) is 5.96 Å². The maximum absolute atomic E-state index is 12.2. The van der Waals surface area contributed by atoms with Crippen molar-refractivity contribution in [3.8, 4) is 0 Å². The third-order valence-electron chi connectivity index (χ3n) is 3.91. The van der Waals surface area contributed by atoms with E-state index < -0.39 is 0 Å². The number of carbonyl (C=O) groups excluding carboxylic acids is 1. The second-order valence-corrected chi connectivity index (χ2v) is 7.14. The molecular weight excluding hydrogens is 344 g/mol. The van der Waals surface area contributed by atoms with E-state index in [1.165, 1.54) is 4.88 Å². The fourth-order valence-electron chi connectivity index (χ4n) is 2.53. The molecule has 2 aromatic rings. The lowest BCUT2D eigenvalue weighted by Crippen LogP contribution is -2.40. The number of carbonyl (C=O) groups is 1. The molecule has 0 bridgehead atoms. The number of nitrogens with zero attached hydrogens (tertiary/aromatic N) is 2. The highest BCUT2D eigenvalue weighted by Crippen LogP contribution is 2.09. The van der Waals surface area contributed by atoms with Gasteiger partial charge in [0.1, 0.15) is 0 Å². The van der Waals surface area contributed by atoms with Crippen molar-refractivity contribution in [2.24, 2.45) is 4.99 Å². The molecule has 0 spiro atoms. The van der Waals surface area contributed by atoms with Gasteiger partial charge in [-0.1, -0.05) is 23.8 Å². The standard InChI is InChI=1S/C20H28N4OS/c1-4-21-20(24(3)13-10-18-9-6-14-26-18)23-12-11-22-19(25)17-8-5-7-16(2)15-17/h5-9,14-15H,4,10-13H2,1-3H3,(H,21,23)(H,22,25). The van der Waals surface area contributed by atoms with Crippen LogP contribution in [0.3, 0.4) is 0 Å². The van der Waals surface area contributed by atoms with E-state index in [9.17, 15) is 4.79 Å². The Morgan fingerprint density at radius 3 is 2.77 bits per heavy atom. The number of benzene rings is 1. The van der Waals surface area contributed by atoms with Crippen LogP contribution in [0.1, 0.15) is 27.7 Å². The van der Waals surface area contributed by atoms with E-state index in [1.54, 1.807) is 11.3 Å². The molecule has 1 aromatic heterocycles. The highest BCUT2D eigenvalue weighted by Gasteiger charge is 2.07. The molecular formula is C20H28N4OS. The lowest BCUT2D eigenvalue weighted by molar-refractivity contribution is 0.0954. The molecule has 6 heteroatoms. The van der Waals surface area contributed by atoms with Crippen molar-refractivity contribution in [1.82, 2.24) is 15.5 Å². The van der Waals surface area contributed by atoms with Gasteiger partial charge in [-0.05, 0) is 43.8 Å². The number of rotatable bonds is 8. The van der Waals surface area contributed by atoms with E-state index >= 15 is 0 Å². The van der Waals surface area contributed by atoms with E-state index in [4.69, 9.17) is 0 Å². The largest absolute Gasteiger partial charge is 0.357 e. The third-order valence-corrected chi connectivity index (χ3v) is 4.85. The van der Waals surface area contributed by atoms with Crippen LogP contribution in [0.5, 0.6) is 0 Å². The number of thiophene rings is 1. The number of nitrogens with one attached hydrogen (secondary N) is 2. The van der Waals surface area contributed by atoms with Crippen LogP contribution in [-0.2, 0) is 6.42 Å². The Bertz CT molecular complexity index is 712. The maximum atomic E-state index is 12.2. The zero-order chi connectivity index (χ0) is 18.8. The van der Waals surface area contributed by atoms with Crippen LogP contribution in [0.15, 0.2) is 46.8 Å². The lowest BCUT2D eigenvalue weighted by atomic mass is 10.1. The molecule has 1 aromatic carbocycles. The lowest BCUT2D eigenvalue weighted by Gasteiger charge is -2.21. The summed E-state index contributed by atoms with van der Waals surface area (Å²) in [5.41, 5.74) is 1.77. The fraction of sp³-hybridized carbons (Fsp3) is 0.400. The van der Waals surface area contributed by atoms with Gasteiger partial charge < -0.3 is 15.5 Å². The van der Waals surface area contributed by atoms with Crippen LogP contribution in [0.25, 0.3) is 0 Å². The summed E-state index contributed by atoms with van der Waals surface area (Å²) < 4.78 is 0. The minimum atomic E-state index is -0.0556. The monoisotopic (exact) mass is 372 g/mol. The average Bonchev–Trinajstić information content (AvgIpc) is 3.15. The number of aryl methyl sites for hydroxylation is 1. The maximum Gasteiger partial charge on any atom is 0.251 e. The highest BCUT2D eigenvalue weighted by atomic mass is 32.1. The van der Waals surface area contributed by atoms with Gasteiger partial charge >= 0.3 is 0 Å². The molecule has 1 amide bonds. The Morgan fingerprint density at radius 2 is 2.08 bits per heavy atom. The van der Waals surface area contributed by atoms with Gasteiger partial charge in [0.25, 0.3) is 5.91 Å². The molecule has 140 valence electrons. The van der Waals surface area contributed by atoms with E-state index in [0.29, 0.717) is 18.7 Å². The van der Waals surface area contributed by atoms with Crippen molar-refractivity contribution in [2.45, 2.75) is 20.3 Å². The first-order chi connectivity index (χ1) is 12.6. The summed E-state index contributed by atoms with van der Waals surface area (Å²) in [5.74, 6) is 0.814. The minimum absolute atomic E-state index is 0.0556. The summed E-state index contributed by atoms with van der Waals surface area (Å²) in [6.45, 7) is 6.82. The number of hydrogen-bond acceptors (Lipinski definition) is 3. The topological polar surface area (TPSA) is 56.7 Å². The van der Waals surface area contributed by atoms with Gasteiger partial charge in [-0.3, -0.25) is 9.79 Å². The average molecular weight is 373 g/mol. The summed E-state index contributed by atoms with van der Waals surface area (Å²) in [7, 11) is 2.04. The molecule has 0 aliphatic carbocycles. The third kappa shape index (κ3) is 6.52. The Balaban J connectivity index is 1.81. The van der Waals surface area contributed by atoms with Crippen LogP contribution in [-0.4, -0.2) is 50.0 Å². The predicted octanol–water partition coefficient (Wildman–Crippen LogP) is 2.93. The van der Waals surface area contributed by atoms with Gasteiger partial charge in [0.05, 0.1) is 6.54 Å². The molecule has 2 rings (SSSR count). The van der Waals surface area contributed by atoms with E-state index in [0.717, 1.165) is 31.0 Å². The molecule has 0 saturated carbocycles. The number of guanidine groups is 1. The van der Waals surface area contributed by atoms with E-state index in [2.05, 4.69) is 45.0 Å². The Hall–Kier alpha value is -2.34. The highest BCUT2D eigenvalue weighted by molar-refractivity contribution is 7.09. The van der Waals surface area contributed by atoms with Gasteiger partial charge in [-0.2, -0.15) is 0 Å². The smallest absolute Gasteiger partial charge is 0.251 e. The molecule has 5 nitrogen and oxygen atoms in total. The molecule has 2 N–H and O–H groups in total. The second-order valence-electron chi connectivity index (χ2n) is 6.11. The normalized spacial score (nSPS) is 11.3. The van der Waals surface area contributed by atoms with E-state index in [-0.39, 0.29) is 5.91 Å². The second kappa shape index (κ2) is 10.6. The van der Waals surface area contributed by atoms with Crippen LogP contribution in [0, 0.1) is 6.92 Å². The van der Waals surface area contributed by atoms with Crippen LogP contribution < -0.4 is 10.6 Å². The number of amides is 1. The van der Waals surface area contributed by atoms with Crippen molar-refractivity contribution >= 4 is 23.2 Å². The number of aliphatic imine (C=N–C) groups is 1. The summed E-state index contributed by atoms with van der Waals surface area (Å²) in [6.07, 6.45) is 1.00. The predicted molar refractivity (Wildman–Crippen MR) is 110 cm³/mol. The first-order valence-corrected chi connectivity index (χ1v) is 9.84. The molecule has 0 atom stereocenters. The Morgan fingerprint density at radius 1 is 1.23 bits per heavy atom. The van der Waals surface area contributed by atoms with Crippen molar-refractivity contribution < 1.29 is 4.79 Å². The number of likely N-dealkylation sites (N-methyl/N-ethyl adjacent to an activating group) is 1. The molecule has 1 heterocycles. The summed E-state index contributed by atoms with van der Waals surface area (Å²) in [5, 5.41) is 8.34. The van der Waals surface area contributed by atoms with Gasteiger partial charge in [-0.25, -0.2) is 0 Å². The van der Waals surface area contributed by atoms with Gasteiger partial charge in [-0.15, -0.1) is 11.3 Å². The summed E-state index contributed by atoms with van der Waals surface area (Å²) in [4.78, 5) is 20.3. The minimum Gasteiger partial charge on any atom is -0.357 e. The van der Waals surface area contributed by atoms with Crippen LogP contribution in [0.2, 0.25) is 0 Å². The van der Waals surface area contributed by atoms with Crippen molar-refractivity contribution in [3.63, 3.8) is 0 Å². The van der Waals surface area contributed by atoms with Gasteiger partial charge in [0, 0.05) is 37.1 Å². The summed E-state index contributed by atoms with van der Waals surface area (Å²) >= 11 is 1.78. The van der Waals surface area contributed by atoms with Crippen LogP contribution >= 0.6 is 11.3 Å². The molecule has 0 aliphatic heterocycles. The molecule has 0 saturated heterocycles. The fourth-order valence-corrected chi connectivity index (χ4v) is 3.23. The first-order valence-electron chi connectivity index (χ1n) is 8.97. The Labute approximate surface area is 160 Å². The van der Waals surface area contributed by atoms with Crippen molar-refractivity contribution in [3.05, 3.63) is 57.8 Å². The number of hydrogen-bond donors (Lipinski definition) is 2. The zero-order valence-corrected chi connectivity index (χ0v) is 16.6. The summed E-state index contributed by atoms with van der Waals surface area (Å²) in [6, 6.07) is 11.8. The SMILES string of the molecule is CCNC(=NCCNC(=O)c1cccc(C)c1)N(C)CCc1cccs1. The molecule has 0 fully saturated rings. The van der Waals surface area contributed by atoms with Crippen molar-refractivity contribution in [1.29, 1.82) is 0 Å². The zero-order valence-electron chi connectivity index (χ0n) is 15.8.